The van der Waals surface area contributed by atoms with Crippen LogP contribution in [0.15, 0.2) is 24.3 Å². The molecule has 0 radical (unpaired) electrons. The lowest BCUT2D eigenvalue weighted by molar-refractivity contribution is -0.384. The molecule has 1 fully saturated rings. The SMILES string of the molecule is COC(=O)/C=C\c1ccc(N2CCCCC2)c([N+](=O)[O-])c1. The molecule has 0 amide bonds. The fraction of sp³-hybridized carbons (Fsp3) is 0.400. The van der Waals surface area contributed by atoms with Gasteiger partial charge in [-0.25, -0.2) is 4.79 Å². The normalized spacial score (nSPS) is 15.2. The smallest absolute Gasteiger partial charge is 0.330 e. The number of nitro groups is 1. The fourth-order valence-corrected chi connectivity index (χ4v) is 2.42. The largest absolute Gasteiger partial charge is 0.466 e. The van der Waals surface area contributed by atoms with Gasteiger partial charge in [0.25, 0.3) is 5.69 Å². The van der Waals surface area contributed by atoms with E-state index in [1.54, 1.807) is 12.1 Å². The fourth-order valence-electron chi connectivity index (χ4n) is 2.42. The average molecular weight is 290 g/mol. The third-order valence-electron chi connectivity index (χ3n) is 3.51. The molecule has 1 aliphatic heterocycles. The van der Waals surface area contributed by atoms with Crippen molar-refractivity contribution in [3.05, 3.63) is 40.0 Å². The molecule has 112 valence electrons. The van der Waals surface area contributed by atoms with Gasteiger partial charge in [-0.15, -0.1) is 0 Å². The molecule has 0 saturated carbocycles. The van der Waals surface area contributed by atoms with Crippen LogP contribution in [0.2, 0.25) is 0 Å². The number of methoxy groups -OCH3 is 1. The van der Waals surface area contributed by atoms with Crippen molar-refractivity contribution in [1.29, 1.82) is 0 Å². The van der Waals surface area contributed by atoms with Crippen LogP contribution in [-0.4, -0.2) is 31.1 Å². The van der Waals surface area contributed by atoms with E-state index < -0.39 is 5.97 Å². The molecule has 0 bridgehead atoms. The third-order valence-corrected chi connectivity index (χ3v) is 3.51. The van der Waals surface area contributed by atoms with Crippen LogP contribution in [0.5, 0.6) is 0 Å². The van der Waals surface area contributed by atoms with E-state index in [2.05, 4.69) is 9.64 Å². The standard InChI is InChI=1S/C15H18N2O4/c1-21-15(18)8-6-12-5-7-13(14(11-12)17(19)20)16-9-3-2-4-10-16/h5-8,11H,2-4,9-10H2,1H3/b8-6-. The number of rotatable bonds is 4. The molecule has 0 spiro atoms. The Kier molecular flexibility index (Phi) is 4.92. The first-order valence-electron chi connectivity index (χ1n) is 6.91. The van der Waals surface area contributed by atoms with Gasteiger partial charge in [0.05, 0.1) is 12.0 Å². The first-order valence-corrected chi connectivity index (χ1v) is 6.91. The molecule has 1 saturated heterocycles. The van der Waals surface area contributed by atoms with Gasteiger partial charge in [0.2, 0.25) is 0 Å². The van der Waals surface area contributed by atoms with Crippen molar-refractivity contribution in [3.8, 4) is 0 Å². The lowest BCUT2D eigenvalue weighted by atomic mass is 10.1. The number of piperidine rings is 1. The van der Waals surface area contributed by atoms with E-state index in [-0.39, 0.29) is 10.6 Å². The molecule has 21 heavy (non-hydrogen) atoms. The summed E-state index contributed by atoms with van der Waals surface area (Å²) in [5, 5.41) is 11.3. The van der Waals surface area contributed by atoms with Crippen molar-refractivity contribution < 1.29 is 14.5 Å². The molecule has 0 atom stereocenters. The minimum absolute atomic E-state index is 0.0731. The molecule has 1 aromatic carbocycles. The Morgan fingerprint density at radius 2 is 2.05 bits per heavy atom. The Balaban J connectivity index is 2.28. The molecule has 1 aliphatic rings. The molecule has 6 heteroatoms. The summed E-state index contributed by atoms with van der Waals surface area (Å²) in [5.41, 5.74) is 1.33. The molecule has 0 aliphatic carbocycles. The minimum atomic E-state index is -0.488. The van der Waals surface area contributed by atoms with Gasteiger partial charge in [-0.2, -0.15) is 0 Å². The Labute approximate surface area is 123 Å². The topological polar surface area (TPSA) is 72.7 Å². The Morgan fingerprint density at radius 1 is 1.33 bits per heavy atom. The number of anilines is 1. The van der Waals surface area contributed by atoms with Gasteiger partial charge in [-0.1, -0.05) is 6.07 Å². The van der Waals surface area contributed by atoms with Crippen LogP contribution in [0.1, 0.15) is 24.8 Å². The number of benzene rings is 1. The minimum Gasteiger partial charge on any atom is -0.466 e. The summed E-state index contributed by atoms with van der Waals surface area (Å²) in [6.45, 7) is 1.69. The van der Waals surface area contributed by atoms with Crippen LogP contribution in [0.3, 0.4) is 0 Å². The van der Waals surface area contributed by atoms with Gasteiger partial charge >= 0.3 is 5.97 Å². The monoisotopic (exact) mass is 290 g/mol. The molecule has 0 N–H and O–H groups in total. The molecule has 0 unspecified atom stereocenters. The van der Waals surface area contributed by atoms with Gasteiger partial charge in [0.15, 0.2) is 0 Å². The maximum absolute atomic E-state index is 11.3. The summed E-state index contributed by atoms with van der Waals surface area (Å²) < 4.78 is 4.50. The van der Waals surface area contributed by atoms with Crippen molar-refractivity contribution in [2.24, 2.45) is 0 Å². The number of hydrogen-bond donors (Lipinski definition) is 0. The highest BCUT2D eigenvalue weighted by molar-refractivity contribution is 5.87. The summed E-state index contributed by atoms with van der Waals surface area (Å²) in [6, 6.07) is 5.01. The Hall–Kier alpha value is -2.37. The maximum Gasteiger partial charge on any atom is 0.330 e. The highest BCUT2D eigenvalue weighted by Crippen LogP contribution is 2.31. The summed E-state index contributed by atoms with van der Waals surface area (Å²) in [7, 11) is 1.29. The van der Waals surface area contributed by atoms with Gasteiger partial charge in [-0.3, -0.25) is 10.1 Å². The number of carbonyl (C=O) groups excluding carboxylic acids is 1. The van der Waals surface area contributed by atoms with Gasteiger partial charge in [-0.05, 0) is 37.0 Å². The maximum atomic E-state index is 11.3. The van der Waals surface area contributed by atoms with Crippen molar-refractivity contribution in [2.45, 2.75) is 19.3 Å². The van der Waals surface area contributed by atoms with Crippen LogP contribution in [0.4, 0.5) is 11.4 Å². The number of nitrogens with zero attached hydrogens (tertiary/aromatic N) is 2. The van der Waals surface area contributed by atoms with E-state index in [0.29, 0.717) is 11.3 Å². The summed E-state index contributed by atoms with van der Waals surface area (Å²) in [4.78, 5) is 24.0. The molecule has 0 aromatic heterocycles. The Morgan fingerprint density at radius 3 is 2.67 bits per heavy atom. The first kappa shape index (κ1) is 15.0. The van der Waals surface area contributed by atoms with Crippen LogP contribution in [0.25, 0.3) is 6.08 Å². The summed E-state index contributed by atoms with van der Waals surface area (Å²) in [5.74, 6) is -0.488. The lowest BCUT2D eigenvalue weighted by Crippen LogP contribution is -2.29. The third kappa shape index (κ3) is 3.81. The average Bonchev–Trinajstić information content (AvgIpc) is 2.53. The van der Waals surface area contributed by atoms with Crippen LogP contribution >= 0.6 is 0 Å². The molecule has 1 aromatic rings. The molecular weight excluding hydrogens is 272 g/mol. The Bertz CT molecular complexity index is 563. The van der Waals surface area contributed by atoms with E-state index in [4.69, 9.17) is 0 Å². The predicted molar refractivity (Wildman–Crippen MR) is 80.2 cm³/mol. The van der Waals surface area contributed by atoms with Gasteiger partial charge in [0, 0.05) is 25.2 Å². The first-order chi connectivity index (χ1) is 10.1. The second-order valence-electron chi connectivity index (χ2n) is 4.91. The zero-order valence-electron chi connectivity index (χ0n) is 11.9. The van der Waals surface area contributed by atoms with E-state index >= 15 is 0 Å². The summed E-state index contributed by atoms with van der Waals surface area (Å²) >= 11 is 0. The highest BCUT2D eigenvalue weighted by Gasteiger charge is 2.21. The predicted octanol–water partition coefficient (Wildman–Crippen LogP) is 2.77. The molecule has 6 nitrogen and oxygen atoms in total. The van der Waals surface area contributed by atoms with Crippen LogP contribution in [0, 0.1) is 10.1 Å². The number of hydrogen-bond acceptors (Lipinski definition) is 5. The quantitative estimate of drug-likeness (QED) is 0.369. The highest BCUT2D eigenvalue weighted by atomic mass is 16.6. The van der Waals surface area contributed by atoms with Crippen LogP contribution < -0.4 is 4.90 Å². The molecule has 1 heterocycles. The molecule has 2 rings (SSSR count). The van der Waals surface area contributed by atoms with E-state index in [1.807, 2.05) is 0 Å². The number of esters is 1. The summed E-state index contributed by atoms with van der Waals surface area (Å²) in [6.07, 6.45) is 6.05. The van der Waals surface area contributed by atoms with Crippen molar-refractivity contribution in [1.82, 2.24) is 0 Å². The van der Waals surface area contributed by atoms with Crippen molar-refractivity contribution >= 4 is 23.4 Å². The second kappa shape index (κ2) is 6.88. The second-order valence-corrected chi connectivity index (χ2v) is 4.91. The van der Waals surface area contributed by atoms with E-state index in [9.17, 15) is 14.9 Å². The van der Waals surface area contributed by atoms with Crippen molar-refractivity contribution in [3.63, 3.8) is 0 Å². The molecular formula is C15H18N2O4. The number of carbonyl (C=O) groups is 1. The van der Waals surface area contributed by atoms with E-state index in [1.165, 1.54) is 31.7 Å². The zero-order chi connectivity index (χ0) is 15.2. The van der Waals surface area contributed by atoms with Gasteiger partial charge in [0.1, 0.15) is 5.69 Å². The van der Waals surface area contributed by atoms with Crippen molar-refractivity contribution in [2.75, 3.05) is 25.1 Å². The number of nitro benzene ring substituents is 1. The zero-order valence-corrected chi connectivity index (χ0v) is 11.9. The van der Waals surface area contributed by atoms with E-state index in [0.717, 1.165) is 25.9 Å². The van der Waals surface area contributed by atoms with Gasteiger partial charge < -0.3 is 9.64 Å². The number of ether oxygens (including phenoxy) is 1. The van der Waals surface area contributed by atoms with Crippen LogP contribution in [-0.2, 0) is 9.53 Å². The lowest BCUT2D eigenvalue weighted by Gasteiger charge is -2.28.